The molecule has 12 heavy (non-hydrogen) atoms. The van der Waals surface area contributed by atoms with E-state index in [1.54, 1.807) is 0 Å². The number of carbonyl (C=O) groups is 1. The summed E-state index contributed by atoms with van der Waals surface area (Å²) in [5, 5.41) is 1.94. The lowest BCUT2D eigenvalue weighted by molar-refractivity contribution is -0.674. The van der Waals surface area contributed by atoms with Crippen LogP contribution in [0.4, 0.5) is 0 Å². The second-order valence-corrected chi connectivity index (χ2v) is 2.41. The lowest BCUT2D eigenvalue weighted by Gasteiger charge is -2.06. The van der Waals surface area contributed by atoms with Crippen molar-refractivity contribution in [3.8, 4) is 0 Å². The van der Waals surface area contributed by atoms with Gasteiger partial charge in [0.25, 0.3) is 0 Å². The van der Waals surface area contributed by atoms with E-state index in [9.17, 15) is 4.79 Å². The number of quaternary nitrogens is 1. The van der Waals surface area contributed by atoms with E-state index >= 15 is 0 Å². The van der Waals surface area contributed by atoms with Gasteiger partial charge in [0.1, 0.15) is 0 Å². The van der Waals surface area contributed by atoms with Crippen molar-refractivity contribution < 1.29 is 27.3 Å². The van der Waals surface area contributed by atoms with Gasteiger partial charge in [0.05, 0.1) is 13.7 Å². The van der Waals surface area contributed by atoms with Gasteiger partial charge in [-0.3, -0.25) is 0 Å². The molecule has 0 heterocycles. The van der Waals surface area contributed by atoms with E-state index in [0.29, 0.717) is 0 Å². The number of nitrogens with two attached hydrogens (primary N) is 1. The molecule has 0 amide bonds. The number of hydrogen-bond acceptors (Lipinski definition) is 2. The number of rotatable bonds is 5. The number of hydrogen-bond donors (Lipinski definition) is 1. The molecule has 0 radical (unpaired) electrons. The molecule has 72 valence electrons. The van der Waals surface area contributed by atoms with Crippen LogP contribution in [0.25, 0.3) is 0 Å². The highest BCUT2D eigenvalue weighted by atomic mass is 35.5. The molecule has 0 rings (SSSR count). The molecule has 4 heteroatoms. The van der Waals surface area contributed by atoms with Gasteiger partial charge in [-0.1, -0.05) is 6.08 Å². The molecule has 0 aliphatic rings. The highest BCUT2D eigenvalue weighted by Gasteiger charge is 2.14. The van der Waals surface area contributed by atoms with E-state index < -0.39 is 0 Å². The molecule has 0 bridgehead atoms. The Morgan fingerprint density at radius 3 is 2.75 bits per heavy atom. The quantitative estimate of drug-likeness (QED) is 0.282. The second-order valence-electron chi connectivity index (χ2n) is 2.41. The zero-order valence-corrected chi connectivity index (χ0v) is 8.30. The predicted molar refractivity (Wildman–Crippen MR) is 43.1 cm³/mol. The maximum absolute atomic E-state index is 10.8. The molecule has 1 atom stereocenters. The van der Waals surface area contributed by atoms with Crippen LogP contribution in [-0.2, 0) is 9.53 Å². The Kier molecular flexibility index (Phi) is 9.99. The Morgan fingerprint density at radius 2 is 2.33 bits per heavy atom. The normalized spacial score (nSPS) is 11.2. The maximum Gasteiger partial charge on any atom is 0.364 e. The largest absolute Gasteiger partial charge is 1.00 e. The van der Waals surface area contributed by atoms with E-state index in [0.717, 1.165) is 13.0 Å². The molecule has 0 saturated heterocycles. The Morgan fingerprint density at radius 1 is 1.75 bits per heavy atom. The second kappa shape index (κ2) is 8.56. The van der Waals surface area contributed by atoms with Crippen LogP contribution >= 0.6 is 0 Å². The molecule has 0 aliphatic carbocycles. The summed E-state index contributed by atoms with van der Waals surface area (Å²) in [6.07, 6.45) is 2.75. The van der Waals surface area contributed by atoms with Crippen molar-refractivity contribution >= 4 is 5.97 Å². The van der Waals surface area contributed by atoms with Crippen LogP contribution in [0, 0.1) is 0 Å². The average Bonchev–Trinajstić information content (AvgIpc) is 2.03. The lowest BCUT2D eigenvalue weighted by atomic mass is 10.3. The highest BCUT2D eigenvalue weighted by molar-refractivity contribution is 5.73. The van der Waals surface area contributed by atoms with Gasteiger partial charge < -0.3 is 22.5 Å². The van der Waals surface area contributed by atoms with Gasteiger partial charge in [0.15, 0.2) is 6.04 Å². The fraction of sp³-hybridized carbons (Fsp3) is 0.625. The zero-order chi connectivity index (χ0) is 8.69. The summed E-state index contributed by atoms with van der Waals surface area (Å²) in [7, 11) is 1.40. The molecule has 0 aliphatic heterocycles. The van der Waals surface area contributed by atoms with Gasteiger partial charge in [-0.05, 0) is 6.92 Å². The van der Waals surface area contributed by atoms with Gasteiger partial charge in [0.2, 0.25) is 0 Å². The third-order valence-electron chi connectivity index (χ3n) is 1.46. The van der Waals surface area contributed by atoms with Gasteiger partial charge in [-0.15, -0.1) is 6.58 Å². The summed E-state index contributed by atoms with van der Waals surface area (Å²) in [5.74, 6) is -0.172. The number of methoxy groups -OCH3 is 1. The third-order valence-corrected chi connectivity index (χ3v) is 1.46. The van der Waals surface area contributed by atoms with Crippen LogP contribution in [0.15, 0.2) is 12.7 Å². The van der Waals surface area contributed by atoms with E-state index in [2.05, 4.69) is 11.3 Å². The SMILES string of the molecule is C=CCC[NH2+][C@@H](C)C(=O)OC.[Cl-]. The topological polar surface area (TPSA) is 42.9 Å². The van der Waals surface area contributed by atoms with E-state index in [4.69, 9.17) is 0 Å². The van der Waals surface area contributed by atoms with Crippen molar-refractivity contribution in [2.75, 3.05) is 13.7 Å². The van der Waals surface area contributed by atoms with Crippen LogP contribution in [-0.4, -0.2) is 25.7 Å². The van der Waals surface area contributed by atoms with Crippen molar-refractivity contribution in [1.29, 1.82) is 0 Å². The summed E-state index contributed by atoms with van der Waals surface area (Å²) < 4.78 is 4.55. The number of ether oxygens (including phenoxy) is 1. The van der Waals surface area contributed by atoms with Gasteiger partial charge in [-0.2, -0.15) is 0 Å². The van der Waals surface area contributed by atoms with E-state index in [-0.39, 0.29) is 24.4 Å². The molecule has 3 nitrogen and oxygen atoms in total. The molecular formula is C8H16ClNO2. The highest BCUT2D eigenvalue weighted by Crippen LogP contribution is 1.78. The van der Waals surface area contributed by atoms with Crippen molar-refractivity contribution in [3.63, 3.8) is 0 Å². The first-order chi connectivity index (χ1) is 5.22. The molecule has 0 aromatic carbocycles. The number of carbonyl (C=O) groups excluding carboxylic acids is 1. The van der Waals surface area contributed by atoms with Crippen LogP contribution in [0.2, 0.25) is 0 Å². The van der Waals surface area contributed by atoms with Gasteiger partial charge in [0, 0.05) is 6.42 Å². The summed E-state index contributed by atoms with van der Waals surface area (Å²) in [6, 6.07) is -0.0973. The summed E-state index contributed by atoms with van der Waals surface area (Å²) in [5.41, 5.74) is 0. The minimum absolute atomic E-state index is 0. The van der Waals surface area contributed by atoms with Crippen molar-refractivity contribution in [2.45, 2.75) is 19.4 Å². The Balaban J connectivity index is 0. The Labute approximate surface area is 79.6 Å². The van der Waals surface area contributed by atoms with Gasteiger partial charge in [-0.25, -0.2) is 4.79 Å². The fourth-order valence-electron chi connectivity index (χ4n) is 0.746. The first-order valence-electron chi connectivity index (χ1n) is 3.74. The summed E-state index contributed by atoms with van der Waals surface area (Å²) >= 11 is 0. The minimum atomic E-state index is -0.172. The molecule has 0 saturated carbocycles. The van der Waals surface area contributed by atoms with E-state index in [1.165, 1.54) is 7.11 Å². The zero-order valence-electron chi connectivity index (χ0n) is 7.55. The molecule has 0 unspecified atom stereocenters. The van der Waals surface area contributed by atoms with Crippen molar-refractivity contribution in [3.05, 3.63) is 12.7 Å². The number of halogens is 1. The van der Waals surface area contributed by atoms with E-state index in [1.807, 2.05) is 18.3 Å². The first kappa shape index (κ1) is 14.0. The summed E-state index contributed by atoms with van der Waals surface area (Å²) in [6.45, 7) is 6.30. The minimum Gasteiger partial charge on any atom is -1.00 e. The van der Waals surface area contributed by atoms with Crippen molar-refractivity contribution in [1.82, 2.24) is 0 Å². The average molecular weight is 194 g/mol. The van der Waals surface area contributed by atoms with Crippen molar-refractivity contribution in [2.24, 2.45) is 0 Å². The Bertz CT molecular complexity index is 139. The standard InChI is InChI=1S/C8H15NO2.ClH/c1-4-5-6-9-7(2)8(10)11-3;/h4,7,9H,1,5-6H2,2-3H3;1H/t7-;/m0./s1. The maximum atomic E-state index is 10.8. The molecule has 0 aromatic rings. The monoisotopic (exact) mass is 193 g/mol. The molecule has 0 aromatic heterocycles. The van der Waals surface area contributed by atoms with Crippen LogP contribution in [0.5, 0.6) is 0 Å². The smallest absolute Gasteiger partial charge is 0.364 e. The molecule has 2 N–H and O–H groups in total. The fourth-order valence-corrected chi connectivity index (χ4v) is 0.746. The summed E-state index contributed by atoms with van der Waals surface area (Å²) in [4.78, 5) is 10.8. The third kappa shape index (κ3) is 6.19. The van der Waals surface area contributed by atoms with Crippen LogP contribution < -0.4 is 17.7 Å². The Hall–Kier alpha value is -0.540. The van der Waals surface area contributed by atoms with Gasteiger partial charge >= 0.3 is 5.97 Å². The first-order valence-corrected chi connectivity index (χ1v) is 3.74. The van der Waals surface area contributed by atoms with Crippen LogP contribution in [0.3, 0.4) is 0 Å². The molecule has 0 fully saturated rings. The molecular weight excluding hydrogens is 178 g/mol. The predicted octanol–water partition coefficient (Wildman–Crippen LogP) is -3.31. The lowest BCUT2D eigenvalue weighted by Crippen LogP contribution is -3.00. The molecule has 0 spiro atoms. The van der Waals surface area contributed by atoms with Crippen LogP contribution in [0.1, 0.15) is 13.3 Å². The number of esters is 1.